The summed E-state index contributed by atoms with van der Waals surface area (Å²) >= 11 is 9.09. The lowest BCUT2D eigenvalue weighted by Crippen LogP contribution is -2.02. The van der Waals surface area contributed by atoms with Crippen molar-refractivity contribution in [3.05, 3.63) is 48.5 Å². The monoisotopic (exact) mass is 332 g/mol. The summed E-state index contributed by atoms with van der Waals surface area (Å²) in [5, 5.41) is 4.36. The van der Waals surface area contributed by atoms with Crippen LogP contribution in [-0.4, -0.2) is 18.7 Å². The zero-order chi connectivity index (χ0) is 15.3. The average Bonchev–Trinajstić information content (AvgIpc) is 2.49. The van der Waals surface area contributed by atoms with E-state index in [-0.39, 0.29) is 21.2 Å². The van der Waals surface area contributed by atoms with Gasteiger partial charge in [0, 0.05) is 0 Å². The maximum Gasteiger partial charge on any atom is 0.210 e. The van der Waals surface area contributed by atoms with Gasteiger partial charge in [-0.3, -0.25) is 0 Å². The third-order valence-electron chi connectivity index (χ3n) is 2.64. The van der Waals surface area contributed by atoms with Crippen LogP contribution < -0.4 is 0 Å². The third-order valence-corrected chi connectivity index (χ3v) is 4.67. The molecule has 0 aliphatic carbocycles. The van der Waals surface area contributed by atoms with Crippen molar-refractivity contribution in [1.82, 2.24) is 0 Å². The van der Waals surface area contributed by atoms with Crippen molar-refractivity contribution >= 4 is 56.0 Å². The van der Waals surface area contributed by atoms with E-state index in [2.05, 4.69) is 44.7 Å². The highest BCUT2D eigenvalue weighted by atomic mass is 32.2. The highest BCUT2D eigenvalue weighted by Crippen LogP contribution is 2.33. The first kappa shape index (κ1) is 15.4. The molecule has 0 spiro atoms. The molecule has 0 aliphatic heterocycles. The first-order valence-corrected chi connectivity index (χ1v) is 8.00. The molecule has 21 heavy (non-hydrogen) atoms. The largest absolute Gasteiger partial charge is 0.218 e. The fraction of sp³-hybridized carbons (Fsp3) is 0. The van der Waals surface area contributed by atoms with Crippen molar-refractivity contribution in [3.8, 4) is 0 Å². The molecule has 104 valence electrons. The zero-order valence-corrected chi connectivity index (χ0v) is 13.0. The first-order valence-electron chi connectivity index (χ1n) is 5.70. The second-order valence-corrected chi connectivity index (χ2v) is 6.10. The van der Waals surface area contributed by atoms with Crippen molar-refractivity contribution in [2.75, 3.05) is 0 Å². The summed E-state index contributed by atoms with van der Waals surface area (Å²) in [6, 6.07) is 12.6. The summed E-state index contributed by atoms with van der Waals surface area (Å²) in [6.45, 7) is 0. The number of thiocarbonyl (C=S) groups is 2. The first-order chi connectivity index (χ1) is 10.1. The Bertz CT molecular complexity index is 811. The van der Waals surface area contributed by atoms with Crippen molar-refractivity contribution in [2.45, 2.75) is 9.79 Å². The van der Waals surface area contributed by atoms with Crippen LogP contribution in [-0.2, 0) is 9.84 Å². The van der Waals surface area contributed by atoms with E-state index in [0.717, 1.165) is 0 Å². The lowest BCUT2D eigenvalue weighted by Gasteiger charge is -2.08. The molecule has 0 aromatic heterocycles. The number of benzene rings is 2. The Hall–Kier alpha value is -2.01. The van der Waals surface area contributed by atoms with Gasteiger partial charge in [0.25, 0.3) is 0 Å². The standard InChI is InChI=1S/C14H8N2O2S3/c17-21(18,13-7-3-1-5-11(13)15-9-19)14-8-4-2-6-12(14)16-10-20/h1-8H. The molecule has 0 amide bonds. The van der Waals surface area contributed by atoms with Crippen LogP contribution in [0.25, 0.3) is 0 Å². The second kappa shape index (κ2) is 6.63. The van der Waals surface area contributed by atoms with Gasteiger partial charge in [0.05, 0.1) is 31.5 Å². The molecule has 0 heterocycles. The van der Waals surface area contributed by atoms with Gasteiger partial charge in [-0.15, -0.1) is 0 Å². The number of isothiocyanates is 2. The summed E-state index contributed by atoms with van der Waals surface area (Å²) < 4.78 is 25.6. The van der Waals surface area contributed by atoms with Gasteiger partial charge in [0.1, 0.15) is 0 Å². The summed E-state index contributed by atoms with van der Waals surface area (Å²) in [7, 11) is -3.80. The Morgan fingerprint density at radius 2 is 1.14 bits per heavy atom. The van der Waals surface area contributed by atoms with Gasteiger partial charge < -0.3 is 0 Å². The molecule has 0 saturated heterocycles. The quantitative estimate of drug-likeness (QED) is 0.627. The van der Waals surface area contributed by atoms with Gasteiger partial charge in [-0.05, 0) is 48.7 Å². The number of aliphatic imine (C=N–C) groups is 2. The van der Waals surface area contributed by atoms with E-state index >= 15 is 0 Å². The molecule has 2 aromatic rings. The second-order valence-electron chi connectivity index (χ2n) is 3.85. The highest BCUT2D eigenvalue weighted by molar-refractivity contribution is 7.91. The lowest BCUT2D eigenvalue weighted by molar-refractivity contribution is 0.596. The van der Waals surface area contributed by atoms with E-state index in [9.17, 15) is 8.42 Å². The molecule has 2 aromatic carbocycles. The fourth-order valence-corrected chi connectivity index (χ4v) is 3.50. The van der Waals surface area contributed by atoms with E-state index < -0.39 is 9.84 Å². The van der Waals surface area contributed by atoms with Crippen LogP contribution in [0.3, 0.4) is 0 Å². The minimum Gasteiger partial charge on any atom is -0.218 e. The molecule has 0 radical (unpaired) electrons. The SMILES string of the molecule is O=S(=O)(c1ccccc1N=C=S)c1ccccc1N=C=S. The van der Waals surface area contributed by atoms with Crippen LogP contribution in [0, 0.1) is 0 Å². The molecule has 2 rings (SSSR count). The van der Waals surface area contributed by atoms with Crippen LogP contribution in [0.1, 0.15) is 0 Å². The van der Waals surface area contributed by atoms with Gasteiger partial charge >= 0.3 is 0 Å². The van der Waals surface area contributed by atoms with E-state index in [0.29, 0.717) is 0 Å². The molecule has 0 aliphatic rings. The minimum absolute atomic E-state index is 0.0365. The molecular formula is C14H8N2O2S3. The number of sulfone groups is 1. The maximum atomic E-state index is 12.8. The molecule has 0 bridgehead atoms. The van der Waals surface area contributed by atoms with Crippen LogP contribution in [0.15, 0.2) is 68.3 Å². The molecule has 0 atom stereocenters. The Balaban J connectivity index is 2.75. The summed E-state index contributed by atoms with van der Waals surface area (Å²) in [4.78, 5) is 7.66. The molecule has 0 saturated carbocycles. The van der Waals surface area contributed by atoms with E-state index in [1.807, 2.05) is 0 Å². The Morgan fingerprint density at radius 3 is 1.52 bits per heavy atom. The van der Waals surface area contributed by atoms with Gasteiger partial charge in [-0.2, -0.15) is 9.98 Å². The summed E-state index contributed by atoms with van der Waals surface area (Å²) in [6.07, 6.45) is 0. The normalized spacial score (nSPS) is 10.3. The van der Waals surface area contributed by atoms with Crippen LogP contribution in [0.2, 0.25) is 0 Å². The number of hydrogen-bond donors (Lipinski definition) is 0. The smallest absolute Gasteiger partial charge is 0.210 e. The Morgan fingerprint density at radius 1 is 0.762 bits per heavy atom. The number of rotatable bonds is 4. The van der Waals surface area contributed by atoms with Crippen molar-refractivity contribution in [2.24, 2.45) is 9.98 Å². The molecule has 0 unspecified atom stereocenters. The Kier molecular flexibility index (Phi) is 4.85. The van der Waals surface area contributed by atoms with Crippen molar-refractivity contribution < 1.29 is 8.42 Å². The third kappa shape index (κ3) is 3.19. The lowest BCUT2D eigenvalue weighted by atomic mass is 10.3. The van der Waals surface area contributed by atoms with E-state index in [1.54, 1.807) is 36.4 Å². The summed E-state index contributed by atoms with van der Waals surface area (Å²) in [5.74, 6) is 0. The topological polar surface area (TPSA) is 58.9 Å². The molecule has 7 heteroatoms. The van der Waals surface area contributed by atoms with Crippen molar-refractivity contribution in [3.63, 3.8) is 0 Å². The van der Waals surface area contributed by atoms with Crippen LogP contribution in [0.4, 0.5) is 11.4 Å². The number of nitrogens with zero attached hydrogens (tertiary/aromatic N) is 2. The zero-order valence-electron chi connectivity index (χ0n) is 10.6. The van der Waals surface area contributed by atoms with Gasteiger partial charge in [0.2, 0.25) is 9.84 Å². The molecule has 0 fully saturated rings. The van der Waals surface area contributed by atoms with Crippen molar-refractivity contribution in [1.29, 1.82) is 0 Å². The fourth-order valence-electron chi connectivity index (χ4n) is 1.77. The molecular weight excluding hydrogens is 324 g/mol. The van der Waals surface area contributed by atoms with Gasteiger partial charge in [-0.25, -0.2) is 8.42 Å². The van der Waals surface area contributed by atoms with Gasteiger partial charge in [-0.1, -0.05) is 24.3 Å². The number of hydrogen-bond acceptors (Lipinski definition) is 6. The summed E-state index contributed by atoms with van der Waals surface area (Å²) in [5.41, 5.74) is 0.460. The van der Waals surface area contributed by atoms with Crippen LogP contribution >= 0.6 is 24.4 Å². The predicted octanol–water partition coefficient (Wildman–Crippen LogP) is 3.99. The van der Waals surface area contributed by atoms with Gasteiger partial charge in [0.15, 0.2) is 0 Å². The predicted molar refractivity (Wildman–Crippen MR) is 87.7 cm³/mol. The highest BCUT2D eigenvalue weighted by Gasteiger charge is 2.23. The average molecular weight is 332 g/mol. The van der Waals surface area contributed by atoms with Crippen LogP contribution in [0.5, 0.6) is 0 Å². The molecule has 4 nitrogen and oxygen atoms in total. The maximum absolute atomic E-state index is 12.8. The molecule has 0 N–H and O–H groups in total. The van der Waals surface area contributed by atoms with E-state index in [1.165, 1.54) is 12.1 Å². The minimum atomic E-state index is -3.80. The van der Waals surface area contributed by atoms with E-state index in [4.69, 9.17) is 0 Å². The number of para-hydroxylation sites is 2. The Labute approximate surface area is 132 Å².